The minimum Gasteiger partial charge on any atom is -0.392 e. The van der Waals surface area contributed by atoms with Gasteiger partial charge in [-0.1, -0.05) is 0 Å². The van der Waals surface area contributed by atoms with Crippen LogP contribution in [-0.4, -0.2) is 20.1 Å². The van der Waals surface area contributed by atoms with Gasteiger partial charge in [0, 0.05) is 23.5 Å². The molecule has 0 bridgehead atoms. The van der Waals surface area contributed by atoms with Crippen LogP contribution in [-0.2, 0) is 6.61 Å². The molecular weight excluding hydrogens is 197 g/mol. The van der Waals surface area contributed by atoms with Crippen LogP contribution in [0.15, 0.2) is 31.0 Å². The quantitative estimate of drug-likeness (QED) is 0.799. The number of nitrogens with zero attached hydrogens (tertiary/aromatic N) is 3. The van der Waals surface area contributed by atoms with Crippen LogP contribution in [0, 0.1) is 5.82 Å². The second-order valence-electron chi connectivity index (χ2n) is 2.95. The van der Waals surface area contributed by atoms with E-state index < -0.39 is 5.82 Å². The molecule has 0 saturated heterocycles. The number of aliphatic hydroxyl groups is 1. The molecule has 2 rings (SSSR count). The summed E-state index contributed by atoms with van der Waals surface area (Å²) in [5.74, 6) is -0.516. The molecule has 2 aromatic heterocycles. The van der Waals surface area contributed by atoms with Crippen LogP contribution in [0.5, 0.6) is 0 Å². The van der Waals surface area contributed by atoms with Gasteiger partial charge in [-0.3, -0.25) is 4.98 Å². The third-order valence-electron chi connectivity index (χ3n) is 1.96. The zero-order chi connectivity index (χ0) is 10.7. The molecule has 0 aliphatic rings. The first kappa shape index (κ1) is 9.67. The number of hydrogen-bond donors (Lipinski definition) is 1. The van der Waals surface area contributed by atoms with Gasteiger partial charge in [0.1, 0.15) is 12.1 Å². The first-order valence-electron chi connectivity index (χ1n) is 4.32. The van der Waals surface area contributed by atoms with E-state index in [0.29, 0.717) is 11.3 Å². The maximum atomic E-state index is 13.0. The van der Waals surface area contributed by atoms with Crippen molar-refractivity contribution < 1.29 is 9.50 Å². The van der Waals surface area contributed by atoms with Crippen LogP contribution in [0.2, 0.25) is 0 Å². The third-order valence-corrected chi connectivity index (χ3v) is 1.96. The SMILES string of the molecule is OCc1cc(-c2cncnc2)ncc1F. The van der Waals surface area contributed by atoms with E-state index in [4.69, 9.17) is 5.11 Å². The zero-order valence-corrected chi connectivity index (χ0v) is 7.76. The van der Waals surface area contributed by atoms with Crippen molar-refractivity contribution in [1.29, 1.82) is 0 Å². The molecule has 0 aliphatic carbocycles. The van der Waals surface area contributed by atoms with E-state index in [9.17, 15) is 4.39 Å². The van der Waals surface area contributed by atoms with Gasteiger partial charge in [-0.05, 0) is 6.07 Å². The molecule has 0 fully saturated rings. The summed E-state index contributed by atoms with van der Waals surface area (Å²) in [6.07, 6.45) is 5.64. The lowest BCUT2D eigenvalue weighted by atomic mass is 10.1. The summed E-state index contributed by atoms with van der Waals surface area (Å²) in [4.78, 5) is 11.6. The molecule has 5 heteroatoms. The van der Waals surface area contributed by atoms with Crippen molar-refractivity contribution in [3.63, 3.8) is 0 Å². The Morgan fingerprint density at radius 3 is 2.60 bits per heavy atom. The summed E-state index contributed by atoms with van der Waals surface area (Å²) in [7, 11) is 0. The van der Waals surface area contributed by atoms with Crippen molar-refractivity contribution in [2.45, 2.75) is 6.61 Å². The van der Waals surface area contributed by atoms with Crippen molar-refractivity contribution in [1.82, 2.24) is 15.0 Å². The summed E-state index contributed by atoms with van der Waals surface area (Å²) in [5.41, 5.74) is 1.44. The summed E-state index contributed by atoms with van der Waals surface area (Å²) < 4.78 is 13.0. The van der Waals surface area contributed by atoms with Gasteiger partial charge in [0.25, 0.3) is 0 Å². The lowest BCUT2D eigenvalue weighted by molar-refractivity contribution is 0.275. The Kier molecular flexibility index (Phi) is 2.64. The first-order chi connectivity index (χ1) is 7.31. The maximum Gasteiger partial charge on any atom is 0.147 e. The van der Waals surface area contributed by atoms with Gasteiger partial charge in [-0.15, -0.1) is 0 Å². The average Bonchev–Trinajstić information content (AvgIpc) is 2.31. The van der Waals surface area contributed by atoms with Gasteiger partial charge in [0.15, 0.2) is 0 Å². The van der Waals surface area contributed by atoms with Crippen molar-refractivity contribution in [3.05, 3.63) is 42.4 Å². The Morgan fingerprint density at radius 2 is 1.93 bits per heavy atom. The Labute approximate surface area is 85.5 Å². The molecule has 0 radical (unpaired) electrons. The lowest BCUT2D eigenvalue weighted by Crippen LogP contribution is -1.94. The molecule has 0 saturated carbocycles. The molecule has 15 heavy (non-hydrogen) atoms. The number of rotatable bonds is 2. The highest BCUT2D eigenvalue weighted by Crippen LogP contribution is 2.17. The third kappa shape index (κ3) is 1.97. The summed E-state index contributed by atoms with van der Waals surface area (Å²) in [5, 5.41) is 8.89. The Hall–Kier alpha value is -1.88. The molecule has 2 heterocycles. The van der Waals surface area contributed by atoms with Gasteiger partial charge < -0.3 is 5.11 Å². The standard InChI is InChI=1S/C10H8FN3O/c11-9-4-14-10(1-7(9)5-15)8-2-12-6-13-3-8/h1-4,6,15H,5H2. The van der Waals surface area contributed by atoms with Crippen molar-refractivity contribution in [2.75, 3.05) is 0 Å². The maximum absolute atomic E-state index is 13.0. The predicted octanol–water partition coefficient (Wildman–Crippen LogP) is 1.17. The Morgan fingerprint density at radius 1 is 1.20 bits per heavy atom. The summed E-state index contributed by atoms with van der Waals surface area (Å²) in [6.45, 7) is -0.352. The van der Waals surface area contributed by atoms with Gasteiger partial charge in [0.05, 0.1) is 18.5 Å². The normalized spacial score (nSPS) is 10.3. The molecule has 0 atom stereocenters. The lowest BCUT2D eigenvalue weighted by Gasteiger charge is -2.02. The molecule has 0 amide bonds. The van der Waals surface area contributed by atoms with Crippen molar-refractivity contribution >= 4 is 0 Å². The Bertz CT molecular complexity index is 461. The number of pyridine rings is 1. The topological polar surface area (TPSA) is 58.9 Å². The number of aromatic nitrogens is 3. The Balaban J connectivity index is 2.46. The predicted molar refractivity (Wildman–Crippen MR) is 51.1 cm³/mol. The van der Waals surface area contributed by atoms with Crippen LogP contribution in [0.3, 0.4) is 0 Å². The second kappa shape index (κ2) is 4.10. The van der Waals surface area contributed by atoms with E-state index in [0.717, 1.165) is 6.20 Å². The largest absolute Gasteiger partial charge is 0.392 e. The molecule has 0 aromatic carbocycles. The fourth-order valence-electron chi connectivity index (χ4n) is 1.19. The smallest absolute Gasteiger partial charge is 0.147 e. The first-order valence-corrected chi connectivity index (χ1v) is 4.32. The molecule has 0 aliphatic heterocycles. The minimum atomic E-state index is -0.516. The highest BCUT2D eigenvalue weighted by molar-refractivity contribution is 5.57. The average molecular weight is 205 g/mol. The monoisotopic (exact) mass is 205 g/mol. The van der Waals surface area contributed by atoms with Gasteiger partial charge in [0.2, 0.25) is 0 Å². The molecule has 0 spiro atoms. The van der Waals surface area contributed by atoms with E-state index in [1.54, 1.807) is 12.4 Å². The zero-order valence-electron chi connectivity index (χ0n) is 7.76. The highest BCUT2D eigenvalue weighted by atomic mass is 19.1. The van der Waals surface area contributed by atoms with Gasteiger partial charge >= 0.3 is 0 Å². The molecule has 0 unspecified atom stereocenters. The molecular formula is C10H8FN3O. The highest BCUT2D eigenvalue weighted by Gasteiger charge is 2.05. The van der Waals surface area contributed by atoms with E-state index >= 15 is 0 Å². The second-order valence-corrected chi connectivity index (χ2v) is 2.95. The summed E-state index contributed by atoms with van der Waals surface area (Å²) in [6, 6.07) is 1.48. The van der Waals surface area contributed by atoms with Crippen molar-refractivity contribution in [3.8, 4) is 11.3 Å². The minimum absolute atomic E-state index is 0.212. The molecule has 4 nitrogen and oxygen atoms in total. The van der Waals surface area contributed by atoms with Crippen LogP contribution < -0.4 is 0 Å². The van der Waals surface area contributed by atoms with Crippen LogP contribution in [0.25, 0.3) is 11.3 Å². The van der Waals surface area contributed by atoms with Crippen LogP contribution in [0.1, 0.15) is 5.56 Å². The number of aliphatic hydroxyl groups excluding tert-OH is 1. The number of halogens is 1. The summed E-state index contributed by atoms with van der Waals surface area (Å²) >= 11 is 0. The van der Waals surface area contributed by atoms with Gasteiger partial charge in [-0.2, -0.15) is 0 Å². The van der Waals surface area contributed by atoms with Crippen LogP contribution in [0.4, 0.5) is 4.39 Å². The molecule has 1 N–H and O–H groups in total. The van der Waals surface area contributed by atoms with Crippen molar-refractivity contribution in [2.24, 2.45) is 0 Å². The fourth-order valence-corrected chi connectivity index (χ4v) is 1.19. The fraction of sp³-hybridized carbons (Fsp3) is 0.100. The van der Waals surface area contributed by atoms with E-state index in [1.165, 1.54) is 12.4 Å². The van der Waals surface area contributed by atoms with E-state index in [1.807, 2.05) is 0 Å². The van der Waals surface area contributed by atoms with Crippen LogP contribution >= 0.6 is 0 Å². The van der Waals surface area contributed by atoms with E-state index in [-0.39, 0.29) is 12.2 Å². The van der Waals surface area contributed by atoms with Gasteiger partial charge in [-0.25, -0.2) is 14.4 Å². The molecule has 76 valence electrons. The molecule has 2 aromatic rings. The van der Waals surface area contributed by atoms with E-state index in [2.05, 4.69) is 15.0 Å². The number of hydrogen-bond acceptors (Lipinski definition) is 4.